The van der Waals surface area contributed by atoms with Crippen molar-refractivity contribution in [2.45, 2.75) is 5.41 Å². The van der Waals surface area contributed by atoms with Crippen LogP contribution in [0.25, 0.3) is 55.0 Å². The van der Waals surface area contributed by atoms with E-state index >= 15 is 0 Å². The van der Waals surface area contributed by atoms with E-state index in [-0.39, 0.29) is 0 Å². The van der Waals surface area contributed by atoms with Crippen molar-refractivity contribution in [2.24, 2.45) is 0 Å². The first-order valence-corrected chi connectivity index (χ1v) is 22.4. The van der Waals surface area contributed by atoms with Gasteiger partial charge in [0, 0.05) is 50.4 Å². The molecule has 0 atom stereocenters. The maximum Gasteiger partial charge on any atom is 0.156 e. The quantitative estimate of drug-likeness (QED) is 0.167. The second-order valence-corrected chi connectivity index (χ2v) is 17.2. The molecule has 2 aromatic heterocycles. The first kappa shape index (κ1) is 36.7. The third-order valence-corrected chi connectivity index (χ3v) is 13.7. The summed E-state index contributed by atoms with van der Waals surface area (Å²) in [6.45, 7) is 0. The minimum atomic E-state index is -0.652. The van der Waals surface area contributed by atoms with Crippen LogP contribution in [0.15, 0.2) is 239 Å². The van der Waals surface area contributed by atoms with E-state index in [4.69, 9.17) is 13.6 Å². The number of benzene rings is 10. The minimum absolute atomic E-state index is 0.652. The van der Waals surface area contributed by atoms with Crippen LogP contribution in [0, 0.1) is 0 Å². The molecule has 0 amide bonds. The van der Waals surface area contributed by atoms with Crippen LogP contribution in [-0.4, -0.2) is 0 Å². The van der Waals surface area contributed by atoms with E-state index in [2.05, 4.69) is 222 Å². The zero-order valence-corrected chi connectivity index (χ0v) is 35.6. The van der Waals surface area contributed by atoms with Crippen LogP contribution < -0.4 is 14.5 Å². The lowest BCUT2D eigenvalue weighted by Gasteiger charge is -2.41. The third kappa shape index (κ3) is 5.16. The van der Waals surface area contributed by atoms with Crippen molar-refractivity contribution in [3.05, 3.63) is 253 Å². The normalized spacial score (nSPS) is 13.1. The molecule has 66 heavy (non-hydrogen) atoms. The molecule has 5 heteroatoms. The summed E-state index contributed by atoms with van der Waals surface area (Å²) in [4.78, 5) is 4.69. The van der Waals surface area contributed by atoms with Crippen molar-refractivity contribution < 1.29 is 13.6 Å². The molecule has 0 saturated carbocycles. The summed E-state index contributed by atoms with van der Waals surface area (Å²) >= 11 is 0. The van der Waals surface area contributed by atoms with E-state index in [0.29, 0.717) is 0 Å². The number of hydrogen-bond acceptors (Lipinski definition) is 5. The van der Waals surface area contributed by atoms with Crippen molar-refractivity contribution >= 4 is 78.0 Å². The Morgan fingerprint density at radius 2 is 0.879 bits per heavy atom. The van der Waals surface area contributed by atoms with Crippen molar-refractivity contribution in [2.75, 3.05) is 9.80 Å². The van der Waals surface area contributed by atoms with Crippen molar-refractivity contribution in [1.82, 2.24) is 0 Å². The Labute approximate surface area is 380 Å². The second-order valence-electron chi connectivity index (χ2n) is 17.2. The van der Waals surface area contributed by atoms with Gasteiger partial charge in [-0.05, 0) is 95.1 Å². The highest BCUT2D eigenvalue weighted by Crippen LogP contribution is 2.64. The number of hydrogen-bond donors (Lipinski definition) is 0. The predicted molar refractivity (Wildman–Crippen MR) is 268 cm³/mol. The molecule has 10 aromatic carbocycles. The number of fused-ring (bicyclic) bond motifs is 15. The maximum atomic E-state index is 7.40. The Balaban J connectivity index is 1.12. The summed E-state index contributed by atoms with van der Waals surface area (Å²) < 4.78 is 20.8. The van der Waals surface area contributed by atoms with Gasteiger partial charge in [0.2, 0.25) is 0 Å². The molecule has 12 aromatic rings. The van der Waals surface area contributed by atoms with Gasteiger partial charge in [-0.1, -0.05) is 152 Å². The standard InChI is InChI=1S/C61H38N2O3/c1-3-18-39(19-4-1)62(40-20-5-2-6-21-40)42-37-53(59-46-25-10-15-32-55(46)65-58(59)38-42)63(41-34-35-56-47(36-41)45-24-9-14-31-54(45)64-56)52-30-17-29-51-60(52)66-57-33-16-13-28-50(57)61(51)48-26-11-7-22-43(48)44-23-8-12-27-49(44)61/h1-38H. The highest BCUT2D eigenvalue weighted by Gasteiger charge is 2.51. The Kier molecular flexibility index (Phi) is 7.83. The smallest absolute Gasteiger partial charge is 0.156 e. The third-order valence-electron chi connectivity index (χ3n) is 13.7. The first-order chi connectivity index (χ1) is 32.7. The SMILES string of the molecule is c1ccc(N(c2ccccc2)c2cc(N(c3ccc4oc5ccccc5c4c3)c3cccc4c3Oc3ccccc3C43c4ccccc4-c4ccccc43)c3c(c2)oc2ccccc23)cc1. The van der Waals surface area contributed by atoms with E-state index in [1.165, 1.54) is 22.3 Å². The molecule has 14 rings (SSSR count). The van der Waals surface area contributed by atoms with E-state index in [1.54, 1.807) is 0 Å². The van der Waals surface area contributed by atoms with Crippen molar-refractivity contribution in [3.8, 4) is 22.6 Å². The van der Waals surface area contributed by atoms with Crippen LogP contribution in [0.3, 0.4) is 0 Å². The lowest BCUT2D eigenvalue weighted by molar-refractivity contribution is 0.437. The fourth-order valence-electron chi connectivity index (χ4n) is 11.0. The van der Waals surface area contributed by atoms with Gasteiger partial charge in [-0.2, -0.15) is 0 Å². The van der Waals surface area contributed by atoms with Gasteiger partial charge >= 0.3 is 0 Å². The molecule has 0 N–H and O–H groups in total. The van der Waals surface area contributed by atoms with Crippen LogP contribution in [0.4, 0.5) is 34.1 Å². The molecule has 0 fully saturated rings. The van der Waals surface area contributed by atoms with Gasteiger partial charge in [-0.3, -0.25) is 0 Å². The van der Waals surface area contributed by atoms with Crippen LogP contribution in [-0.2, 0) is 5.41 Å². The monoisotopic (exact) mass is 846 g/mol. The summed E-state index contributed by atoms with van der Waals surface area (Å²) in [5, 5.41) is 4.09. The summed E-state index contributed by atoms with van der Waals surface area (Å²) in [7, 11) is 0. The summed E-state index contributed by atoms with van der Waals surface area (Å²) in [6, 6.07) is 81.7. The molecule has 0 unspecified atom stereocenters. The zero-order valence-electron chi connectivity index (χ0n) is 35.6. The van der Waals surface area contributed by atoms with E-state index in [1.807, 2.05) is 18.2 Å². The van der Waals surface area contributed by atoms with Gasteiger partial charge in [0.25, 0.3) is 0 Å². The maximum absolute atomic E-state index is 7.40. The largest absolute Gasteiger partial charge is 0.456 e. The molecule has 1 aliphatic carbocycles. The average Bonchev–Trinajstić information content (AvgIpc) is 4.04. The predicted octanol–water partition coefficient (Wildman–Crippen LogP) is 16.9. The number of rotatable bonds is 6. The lowest BCUT2D eigenvalue weighted by atomic mass is 9.66. The molecule has 3 heterocycles. The summed E-state index contributed by atoms with van der Waals surface area (Å²) in [5.74, 6) is 1.61. The Morgan fingerprint density at radius 3 is 1.61 bits per heavy atom. The number of nitrogens with zero attached hydrogens (tertiary/aromatic N) is 2. The van der Waals surface area contributed by atoms with E-state index < -0.39 is 5.41 Å². The van der Waals surface area contributed by atoms with E-state index in [9.17, 15) is 0 Å². The lowest BCUT2D eigenvalue weighted by Crippen LogP contribution is -2.32. The minimum Gasteiger partial charge on any atom is -0.456 e. The molecule has 0 bridgehead atoms. The molecule has 0 saturated heterocycles. The average molecular weight is 847 g/mol. The van der Waals surface area contributed by atoms with Crippen LogP contribution >= 0.6 is 0 Å². The highest BCUT2D eigenvalue weighted by atomic mass is 16.5. The molecule has 1 aliphatic heterocycles. The number of furan rings is 2. The molecular weight excluding hydrogens is 809 g/mol. The van der Waals surface area contributed by atoms with Gasteiger partial charge in [-0.25, -0.2) is 0 Å². The molecule has 0 radical (unpaired) electrons. The molecule has 5 nitrogen and oxygen atoms in total. The number of anilines is 6. The van der Waals surface area contributed by atoms with Gasteiger partial charge in [0.1, 0.15) is 28.1 Å². The topological polar surface area (TPSA) is 42.0 Å². The van der Waals surface area contributed by atoms with Gasteiger partial charge in [-0.15, -0.1) is 0 Å². The van der Waals surface area contributed by atoms with E-state index in [0.717, 1.165) is 101 Å². The van der Waals surface area contributed by atoms with Crippen molar-refractivity contribution in [1.29, 1.82) is 0 Å². The van der Waals surface area contributed by atoms with Crippen LogP contribution in [0.2, 0.25) is 0 Å². The van der Waals surface area contributed by atoms with Gasteiger partial charge < -0.3 is 23.4 Å². The fraction of sp³-hybridized carbons (Fsp3) is 0.0164. The Bertz CT molecular complexity index is 3800. The molecule has 1 spiro atoms. The summed E-state index contributed by atoms with van der Waals surface area (Å²) in [5.41, 5.74) is 15.5. The Morgan fingerprint density at radius 1 is 0.318 bits per heavy atom. The van der Waals surface area contributed by atoms with Crippen LogP contribution in [0.1, 0.15) is 22.3 Å². The number of para-hydroxylation sites is 6. The van der Waals surface area contributed by atoms with Gasteiger partial charge in [0.15, 0.2) is 5.75 Å². The summed E-state index contributed by atoms with van der Waals surface area (Å²) in [6.07, 6.45) is 0. The zero-order chi connectivity index (χ0) is 43.3. The Hall–Kier alpha value is -8.80. The molecule has 2 aliphatic rings. The molecule has 310 valence electrons. The first-order valence-electron chi connectivity index (χ1n) is 22.4. The second kappa shape index (κ2) is 14.1. The van der Waals surface area contributed by atoms with Gasteiger partial charge in [0.05, 0.1) is 27.9 Å². The number of ether oxygens (including phenoxy) is 1. The fourth-order valence-corrected chi connectivity index (χ4v) is 11.0. The highest BCUT2D eigenvalue weighted by molar-refractivity contribution is 6.16. The van der Waals surface area contributed by atoms with Crippen molar-refractivity contribution in [3.63, 3.8) is 0 Å². The molecular formula is C61H38N2O3. The van der Waals surface area contributed by atoms with Crippen LogP contribution in [0.5, 0.6) is 11.5 Å².